The van der Waals surface area contributed by atoms with E-state index in [0.717, 1.165) is 11.1 Å². The van der Waals surface area contributed by atoms with Crippen LogP contribution in [0.25, 0.3) is 0 Å². The van der Waals surface area contributed by atoms with Gasteiger partial charge in [0.15, 0.2) is 6.29 Å². The second-order valence-corrected chi connectivity index (χ2v) is 10.7. The molecule has 0 radical (unpaired) electrons. The number of esters is 2. The number of rotatable bonds is 7. The Labute approximate surface area is 238 Å². The molecule has 0 spiro atoms. The summed E-state index contributed by atoms with van der Waals surface area (Å²) in [6, 6.07) is 7.09. The Morgan fingerprint density at radius 3 is 2.41 bits per heavy atom. The molecule has 0 amide bonds. The quantitative estimate of drug-likeness (QED) is 0.210. The van der Waals surface area contributed by atoms with E-state index in [1.54, 1.807) is 44.4 Å². The Kier molecular flexibility index (Phi) is 10.0. The Bertz CT molecular complexity index is 1170. The highest BCUT2D eigenvalue weighted by atomic mass is 16.7. The SMILES string of the molecule is C=C1C(=O)OC2C=C(C)C(OC3OC(CO)C(O)C(O)C3O)CC=C(C)C(OC(=O)Cc3ccc(OC)cc3)CC12. The highest BCUT2D eigenvalue weighted by Gasteiger charge is 2.45. The summed E-state index contributed by atoms with van der Waals surface area (Å²) in [5.41, 5.74) is 2.41. The number of ether oxygens (including phenoxy) is 5. The van der Waals surface area contributed by atoms with Crippen molar-refractivity contribution in [3.05, 3.63) is 65.3 Å². The molecule has 0 aromatic heterocycles. The maximum Gasteiger partial charge on any atom is 0.334 e. The van der Waals surface area contributed by atoms with Gasteiger partial charge in [-0.3, -0.25) is 4.79 Å². The van der Waals surface area contributed by atoms with E-state index >= 15 is 0 Å². The van der Waals surface area contributed by atoms with E-state index in [9.17, 15) is 30.0 Å². The Morgan fingerprint density at radius 2 is 1.76 bits per heavy atom. The predicted molar refractivity (Wildman–Crippen MR) is 144 cm³/mol. The summed E-state index contributed by atoms with van der Waals surface area (Å²) in [6.45, 7) is 6.91. The normalized spacial score (nSPS) is 34.2. The summed E-state index contributed by atoms with van der Waals surface area (Å²) in [7, 11) is 1.56. The van der Waals surface area contributed by atoms with Gasteiger partial charge in [-0.2, -0.15) is 0 Å². The molecule has 1 aliphatic carbocycles. The van der Waals surface area contributed by atoms with Gasteiger partial charge in [-0.15, -0.1) is 0 Å². The van der Waals surface area contributed by atoms with E-state index in [1.807, 2.05) is 13.0 Å². The standard InChI is InChI=1S/C30H38O11/c1-15-5-10-21(40-30-28(35)27(34)26(33)24(14-31)41-30)16(2)11-23-20(17(3)29(36)39-23)13-22(15)38-25(32)12-18-6-8-19(37-4)9-7-18/h5-9,11,20-24,26-28,30-31,33-35H,3,10,12-14H2,1-2,4H3. The number of fused-ring (bicyclic) bond motifs is 1. The van der Waals surface area contributed by atoms with Crippen molar-refractivity contribution in [1.82, 2.24) is 0 Å². The van der Waals surface area contributed by atoms with Gasteiger partial charge in [0.2, 0.25) is 0 Å². The first-order valence-electron chi connectivity index (χ1n) is 13.6. The van der Waals surface area contributed by atoms with Gasteiger partial charge in [0.25, 0.3) is 0 Å². The van der Waals surface area contributed by atoms with Crippen LogP contribution in [-0.4, -0.2) is 95.1 Å². The third kappa shape index (κ3) is 7.06. The van der Waals surface area contributed by atoms with Crippen LogP contribution in [0.4, 0.5) is 0 Å². The van der Waals surface area contributed by atoms with Crippen LogP contribution in [0.3, 0.4) is 0 Å². The minimum Gasteiger partial charge on any atom is -0.497 e. The van der Waals surface area contributed by atoms with Crippen LogP contribution >= 0.6 is 0 Å². The van der Waals surface area contributed by atoms with Gasteiger partial charge in [0.05, 0.1) is 26.2 Å². The first-order valence-corrected chi connectivity index (χ1v) is 13.6. The number of carbonyl (C=O) groups is 2. The van der Waals surface area contributed by atoms with Crippen molar-refractivity contribution < 1.29 is 53.7 Å². The summed E-state index contributed by atoms with van der Waals surface area (Å²) in [5.74, 6) is -0.782. The molecule has 2 heterocycles. The molecule has 3 aliphatic rings. The molecule has 2 aliphatic heterocycles. The number of carbonyl (C=O) groups excluding carboxylic acids is 2. The fraction of sp³-hybridized carbons (Fsp3) is 0.533. The molecule has 0 bridgehead atoms. The second kappa shape index (κ2) is 13.3. The minimum atomic E-state index is -1.59. The predicted octanol–water partition coefficient (Wildman–Crippen LogP) is 1.12. The first kappa shape index (κ1) is 30.9. The van der Waals surface area contributed by atoms with Crippen LogP contribution < -0.4 is 4.74 Å². The smallest absolute Gasteiger partial charge is 0.334 e. The average molecular weight is 575 g/mol. The maximum absolute atomic E-state index is 13.0. The molecule has 9 unspecified atom stereocenters. The van der Waals surface area contributed by atoms with Gasteiger partial charge in [-0.05, 0) is 61.6 Å². The maximum atomic E-state index is 13.0. The molecule has 41 heavy (non-hydrogen) atoms. The van der Waals surface area contributed by atoms with Gasteiger partial charge >= 0.3 is 11.9 Å². The van der Waals surface area contributed by atoms with E-state index in [1.165, 1.54) is 0 Å². The topological polar surface area (TPSA) is 161 Å². The monoisotopic (exact) mass is 574 g/mol. The van der Waals surface area contributed by atoms with Crippen LogP contribution in [0.2, 0.25) is 0 Å². The molecule has 9 atom stereocenters. The highest BCUT2D eigenvalue weighted by Crippen LogP contribution is 2.36. The number of aliphatic hydroxyl groups is 4. The van der Waals surface area contributed by atoms with Gasteiger partial charge in [0, 0.05) is 11.5 Å². The molecule has 1 aromatic carbocycles. The van der Waals surface area contributed by atoms with E-state index in [2.05, 4.69) is 6.58 Å². The van der Waals surface area contributed by atoms with Crippen molar-refractivity contribution in [1.29, 1.82) is 0 Å². The largest absolute Gasteiger partial charge is 0.497 e. The molecule has 2 saturated heterocycles. The van der Waals surface area contributed by atoms with Crippen LogP contribution in [0.15, 0.2) is 59.7 Å². The van der Waals surface area contributed by atoms with Crippen molar-refractivity contribution in [2.45, 2.75) is 82.1 Å². The van der Waals surface area contributed by atoms with E-state index in [4.69, 9.17) is 23.7 Å². The van der Waals surface area contributed by atoms with E-state index < -0.39 is 73.5 Å². The van der Waals surface area contributed by atoms with Crippen molar-refractivity contribution >= 4 is 11.9 Å². The van der Waals surface area contributed by atoms with Crippen LogP contribution in [-0.2, 0) is 35.0 Å². The second-order valence-electron chi connectivity index (χ2n) is 10.7. The average Bonchev–Trinajstić information content (AvgIpc) is 3.21. The number of aliphatic hydroxyl groups excluding tert-OH is 4. The van der Waals surface area contributed by atoms with Crippen LogP contribution in [0, 0.1) is 5.92 Å². The van der Waals surface area contributed by atoms with E-state index in [0.29, 0.717) is 11.3 Å². The molecular formula is C30H38O11. The van der Waals surface area contributed by atoms with Gasteiger partial charge in [0.1, 0.15) is 42.4 Å². The lowest BCUT2D eigenvalue weighted by Gasteiger charge is -2.41. The third-order valence-electron chi connectivity index (χ3n) is 7.84. The fourth-order valence-electron chi connectivity index (χ4n) is 5.21. The molecule has 0 saturated carbocycles. The lowest BCUT2D eigenvalue weighted by molar-refractivity contribution is -0.308. The molecule has 11 nitrogen and oxygen atoms in total. The summed E-state index contributed by atoms with van der Waals surface area (Å²) >= 11 is 0. The molecule has 4 N–H and O–H groups in total. The van der Waals surface area contributed by atoms with Gasteiger partial charge in [-0.25, -0.2) is 4.79 Å². The molecule has 2 fully saturated rings. The van der Waals surface area contributed by atoms with Crippen molar-refractivity contribution in [2.24, 2.45) is 5.92 Å². The summed E-state index contributed by atoms with van der Waals surface area (Å²) in [6.07, 6.45) is -5.08. The van der Waals surface area contributed by atoms with Crippen LogP contribution in [0.5, 0.6) is 5.75 Å². The highest BCUT2D eigenvalue weighted by molar-refractivity contribution is 5.91. The molecular weight excluding hydrogens is 536 g/mol. The van der Waals surface area contributed by atoms with Crippen molar-refractivity contribution in [3.63, 3.8) is 0 Å². The third-order valence-corrected chi connectivity index (χ3v) is 7.84. The Balaban J connectivity index is 1.56. The van der Waals surface area contributed by atoms with Gasteiger partial charge < -0.3 is 44.1 Å². The zero-order valence-corrected chi connectivity index (χ0v) is 23.3. The molecule has 1 aromatic rings. The molecule has 224 valence electrons. The molecule has 4 rings (SSSR count). The molecule has 11 heteroatoms. The number of methoxy groups -OCH3 is 1. The first-order chi connectivity index (χ1) is 19.5. The Hall–Kier alpha value is -3.06. The number of hydrogen-bond donors (Lipinski definition) is 4. The lowest BCUT2D eigenvalue weighted by atomic mass is 9.86. The number of benzene rings is 1. The number of hydrogen-bond acceptors (Lipinski definition) is 11. The van der Waals surface area contributed by atoms with Crippen molar-refractivity contribution in [3.8, 4) is 5.75 Å². The van der Waals surface area contributed by atoms with E-state index in [-0.39, 0.29) is 24.8 Å². The lowest BCUT2D eigenvalue weighted by Crippen LogP contribution is -2.59. The Morgan fingerprint density at radius 1 is 1.05 bits per heavy atom. The summed E-state index contributed by atoms with van der Waals surface area (Å²) in [4.78, 5) is 25.4. The van der Waals surface area contributed by atoms with Gasteiger partial charge in [-0.1, -0.05) is 24.8 Å². The van der Waals surface area contributed by atoms with Crippen molar-refractivity contribution in [2.75, 3.05) is 13.7 Å². The zero-order valence-electron chi connectivity index (χ0n) is 23.3. The summed E-state index contributed by atoms with van der Waals surface area (Å²) in [5, 5.41) is 40.4. The van der Waals surface area contributed by atoms with Crippen LogP contribution in [0.1, 0.15) is 32.3 Å². The minimum absolute atomic E-state index is 0.0418. The zero-order chi connectivity index (χ0) is 29.8. The summed E-state index contributed by atoms with van der Waals surface area (Å²) < 4.78 is 28.3. The fourth-order valence-corrected chi connectivity index (χ4v) is 5.21.